The number of H-pyrrole nitrogens is 3. The predicted octanol–water partition coefficient (Wildman–Crippen LogP) is 6.78. The van der Waals surface area contributed by atoms with Crippen molar-refractivity contribution in [3.63, 3.8) is 0 Å². The number of rotatable bonds is 6. The molecule has 4 N–H and O–H groups in total. The van der Waals surface area contributed by atoms with E-state index in [1.165, 1.54) is 29.4 Å². The molecule has 1 saturated heterocycles. The number of hydrogen-bond donors (Lipinski definition) is 4. The number of ether oxygens (including phenoxy) is 1. The number of aromatic amines is 3. The van der Waals surface area contributed by atoms with E-state index < -0.39 is 11.3 Å². The molecule has 0 amide bonds. The molecule has 234 valence electrons. The molecule has 2 atom stereocenters. The molecule has 2 unspecified atom stereocenters. The van der Waals surface area contributed by atoms with Crippen LogP contribution in [0, 0.1) is 32.1 Å². The predicted molar refractivity (Wildman–Crippen MR) is 186 cm³/mol. The first-order valence-corrected chi connectivity index (χ1v) is 16.2. The lowest BCUT2D eigenvalue weighted by atomic mass is 9.65. The first-order valence-electron chi connectivity index (χ1n) is 16.2. The molecule has 45 heavy (non-hydrogen) atoms. The third kappa shape index (κ3) is 4.73. The van der Waals surface area contributed by atoms with E-state index in [2.05, 4.69) is 105 Å². The Balaban J connectivity index is 1.73. The van der Waals surface area contributed by atoms with Crippen LogP contribution in [0.15, 0.2) is 41.3 Å². The molecule has 6 nitrogen and oxygen atoms in total. The van der Waals surface area contributed by atoms with Gasteiger partial charge >= 0.3 is 5.97 Å². The number of esters is 1. The summed E-state index contributed by atoms with van der Waals surface area (Å²) in [6, 6.07) is 0. The number of nitrogens with one attached hydrogen (secondary N) is 4. The molecule has 2 aliphatic heterocycles. The van der Waals surface area contributed by atoms with Crippen LogP contribution in [0.5, 0.6) is 0 Å². The molecule has 3 aliphatic rings. The second kappa shape index (κ2) is 11.5. The zero-order valence-electron chi connectivity index (χ0n) is 28.0. The lowest BCUT2D eigenvalue weighted by Crippen LogP contribution is -2.38. The fourth-order valence-corrected chi connectivity index (χ4v) is 7.74. The lowest BCUT2D eigenvalue weighted by molar-refractivity contribution is -0.146. The summed E-state index contributed by atoms with van der Waals surface area (Å²) in [5.41, 5.74) is 14.9. The fourth-order valence-electron chi connectivity index (χ4n) is 7.74. The zero-order valence-corrected chi connectivity index (χ0v) is 28.0. The first kappa shape index (κ1) is 30.6. The largest absolute Gasteiger partial charge is 0.469 e. The van der Waals surface area contributed by atoms with Gasteiger partial charge in [-0.3, -0.25) is 4.79 Å². The second-order valence-electron chi connectivity index (χ2n) is 13.0. The third-order valence-electron chi connectivity index (χ3n) is 10.3. The van der Waals surface area contributed by atoms with E-state index in [1.54, 1.807) is 0 Å². The van der Waals surface area contributed by atoms with E-state index in [9.17, 15) is 4.79 Å². The molecule has 6 rings (SSSR count). The van der Waals surface area contributed by atoms with Crippen molar-refractivity contribution in [1.82, 2.24) is 20.3 Å². The minimum Gasteiger partial charge on any atom is -0.469 e. The summed E-state index contributed by atoms with van der Waals surface area (Å²) in [5.74, 6) is -0.708. The van der Waals surface area contributed by atoms with E-state index in [0.29, 0.717) is 0 Å². The van der Waals surface area contributed by atoms with Crippen molar-refractivity contribution in [3.8, 4) is 0 Å². The number of aromatic nitrogens is 3. The Bertz CT molecular complexity index is 1980. The summed E-state index contributed by atoms with van der Waals surface area (Å²) in [4.78, 5) is 24.7. The van der Waals surface area contributed by atoms with Crippen LogP contribution in [0.4, 0.5) is 0 Å². The standard InChI is InChI=1S/C39H46N4O2/c1-10-13-26-23(6)30-17-29-22(5)25(12-3)34(42-29)20-36-39(8)28(16-15-21(4)37(39)38(44)45-9)35(43-36)18-31-24(7)27(14-11-2)33(41-31)19-32(26)40-30/h12,15-20,37,40-43H,3,10-11,13-14H2,1-2,4-9H3. The number of fused-ring (bicyclic) bond motifs is 11. The van der Waals surface area contributed by atoms with Crippen LogP contribution in [0.1, 0.15) is 96.7 Å². The molecule has 5 heterocycles. The van der Waals surface area contributed by atoms with Gasteiger partial charge in [0.15, 0.2) is 0 Å². The Morgan fingerprint density at radius 2 is 1.51 bits per heavy atom. The number of carbonyl (C=O) groups excluding carboxylic acids is 1. The van der Waals surface area contributed by atoms with Gasteiger partial charge in [-0.15, -0.1) is 0 Å². The van der Waals surface area contributed by atoms with Crippen LogP contribution in [0.3, 0.4) is 0 Å². The van der Waals surface area contributed by atoms with Gasteiger partial charge in [0, 0.05) is 50.4 Å². The van der Waals surface area contributed by atoms with Gasteiger partial charge in [-0.1, -0.05) is 57.1 Å². The van der Waals surface area contributed by atoms with Crippen LogP contribution in [-0.2, 0) is 22.4 Å². The molecule has 0 spiro atoms. The van der Waals surface area contributed by atoms with E-state index >= 15 is 0 Å². The number of methoxy groups -OCH3 is 1. The SMILES string of the molecule is C=Cc1c2[nH]c(c1C)C=c1[nH]c(c(CCC)c1C)=Cc1[nH]c(c(C)c1CCC)C=C1NC(=C2)C2(C)C1=CC=C(C)C2C(=O)OC. The van der Waals surface area contributed by atoms with Gasteiger partial charge in [0.25, 0.3) is 0 Å². The molecule has 6 heteroatoms. The molecule has 8 bridgehead atoms. The van der Waals surface area contributed by atoms with Crippen molar-refractivity contribution < 1.29 is 9.53 Å². The van der Waals surface area contributed by atoms with Crippen molar-refractivity contribution in [2.45, 2.75) is 74.1 Å². The Hall–Kier alpha value is -4.45. The van der Waals surface area contributed by atoms with Crippen LogP contribution in [0.25, 0.3) is 30.4 Å². The summed E-state index contributed by atoms with van der Waals surface area (Å²) < 4.78 is 5.40. The third-order valence-corrected chi connectivity index (χ3v) is 10.3. The van der Waals surface area contributed by atoms with E-state index in [0.717, 1.165) is 92.8 Å². The highest BCUT2D eigenvalue weighted by molar-refractivity contribution is 5.84. The molecular formula is C39H46N4O2. The van der Waals surface area contributed by atoms with Crippen molar-refractivity contribution in [2.75, 3.05) is 7.11 Å². The Kier molecular flexibility index (Phi) is 7.80. The normalized spacial score (nSPS) is 20.1. The average molecular weight is 603 g/mol. The summed E-state index contributed by atoms with van der Waals surface area (Å²) in [5, 5.41) is 6.04. The summed E-state index contributed by atoms with van der Waals surface area (Å²) in [7, 11) is 1.47. The molecule has 3 aromatic rings. The maximum atomic E-state index is 13.4. The molecule has 1 aliphatic carbocycles. The van der Waals surface area contributed by atoms with Gasteiger partial charge in [-0.2, -0.15) is 0 Å². The van der Waals surface area contributed by atoms with E-state index in [1.807, 2.05) is 13.0 Å². The molecular weight excluding hydrogens is 556 g/mol. The van der Waals surface area contributed by atoms with Gasteiger partial charge in [-0.05, 0) is 105 Å². The summed E-state index contributed by atoms with van der Waals surface area (Å²) in [6.45, 7) is 19.4. The van der Waals surface area contributed by atoms with E-state index in [4.69, 9.17) is 4.74 Å². The minimum atomic E-state index is -0.658. The molecule has 1 fully saturated rings. The quantitative estimate of drug-likeness (QED) is 0.235. The molecule has 0 saturated carbocycles. The smallest absolute Gasteiger partial charge is 0.314 e. The fraction of sp³-hybridized carbons (Fsp3) is 0.359. The topological polar surface area (TPSA) is 85.7 Å². The highest BCUT2D eigenvalue weighted by atomic mass is 16.5. The van der Waals surface area contributed by atoms with Crippen molar-refractivity contribution in [1.29, 1.82) is 0 Å². The van der Waals surface area contributed by atoms with Crippen LogP contribution < -0.4 is 16.0 Å². The van der Waals surface area contributed by atoms with Crippen molar-refractivity contribution >= 4 is 36.3 Å². The Labute approximate surface area is 266 Å². The van der Waals surface area contributed by atoms with Crippen LogP contribution in [-0.4, -0.2) is 28.0 Å². The van der Waals surface area contributed by atoms with Gasteiger partial charge in [-0.25, -0.2) is 0 Å². The summed E-state index contributed by atoms with van der Waals surface area (Å²) in [6.07, 6.45) is 19.2. The van der Waals surface area contributed by atoms with Crippen molar-refractivity contribution in [2.24, 2.45) is 11.3 Å². The number of allylic oxidation sites excluding steroid dienone is 4. The van der Waals surface area contributed by atoms with Crippen molar-refractivity contribution in [3.05, 3.63) is 108 Å². The zero-order chi connectivity index (χ0) is 32.2. The van der Waals surface area contributed by atoms with Gasteiger partial charge in [0.1, 0.15) is 0 Å². The monoisotopic (exact) mass is 602 g/mol. The maximum absolute atomic E-state index is 13.4. The first-order chi connectivity index (χ1) is 21.6. The molecule has 0 radical (unpaired) electrons. The average Bonchev–Trinajstić information content (AvgIpc) is 3.66. The van der Waals surface area contributed by atoms with Crippen LogP contribution in [0.2, 0.25) is 0 Å². The highest BCUT2D eigenvalue weighted by Gasteiger charge is 2.52. The van der Waals surface area contributed by atoms with Gasteiger partial charge in [0.05, 0.1) is 18.4 Å². The minimum absolute atomic E-state index is 0.240. The maximum Gasteiger partial charge on any atom is 0.314 e. The van der Waals surface area contributed by atoms with Gasteiger partial charge in [0.2, 0.25) is 0 Å². The molecule has 3 aromatic heterocycles. The molecule has 0 aromatic carbocycles. The Morgan fingerprint density at radius 1 is 0.844 bits per heavy atom. The lowest BCUT2D eigenvalue weighted by Gasteiger charge is -2.36. The Morgan fingerprint density at radius 3 is 2.20 bits per heavy atom. The van der Waals surface area contributed by atoms with E-state index in [-0.39, 0.29) is 5.97 Å². The van der Waals surface area contributed by atoms with Gasteiger partial charge < -0.3 is 25.0 Å². The number of hydrogen-bond acceptors (Lipinski definition) is 3. The second-order valence-corrected chi connectivity index (χ2v) is 13.0. The highest BCUT2D eigenvalue weighted by Crippen LogP contribution is 2.55. The summed E-state index contributed by atoms with van der Waals surface area (Å²) >= 11 is 0. The van der Waals surface area contributed by atoms with Crippen LogP contribution >= 0.6 is 0 Å². The number of carbonyl (C=O) groups is 1.